The highest BCUT2D eigenvalue weighted by molar-refractivity contribution is 6.30. The summed E-state index contributed by atoms with van der Waals surface area (Å²) in [6.07, 6.45) is 7.36. The molecule has 7 nitrogen and oxygen atoms in total. The van der Waals surface area contributed by atoms with Crippen LogP contribution in [0, 0.1) is 0 Å². The van der Waals surface area contributed by atoms with E-state index in [2.05, 4.69) is 38.9 Å². The summed E-state index contributed by atoms with van der Waals surface area (Å²) in [7, 11) is 4.05. The number of amides is 1. The third-order valence-corrected chi connectivity index (χ3v) is 6.61. The van der Waals surface area contributed by atoms with E-state index in [1.165, 1.54) is 6.20 Å². The van der Waals surface area contributed by atoms with Gasteiger partial charge in [0.05, 0.1) is 11.6 Å². The number of nitrogens with two attached hydrogens (primary N) is 1. The number of nitrogens with zero attached hydrogens (tertiary/aromatic N) is 3. The van der Waals surface area contributed by atoms with Gasteiger partial charge < -0.3 is 26.2 Å². The third-order valence-electron chi connectivity index (χ3n) is 6.36. The second-order valence-corrected chi connectivity index (χ2v) is 9.39. The lowest BCUT2D eigenvalue weighted by atomic mass is 9.86. The Labute approximate surface area is 202 Å². The molecular weight excluding hydrogens is 436 g/mol. The molecule has 0 saturated carbocycles. The van der Waals surface area contributed by atoms with E-state index in [0.717, 1.165) is 35.6 Å². The highest BCUT2D eigenvalue weighted by atomic mass is 35.5. The number of nitrogens with one attached hydrogen (secondary N) is 2. The summed E-state index contributed by atoms with van der Waals surface area (Å²) < 4.78 is 0. The molecule has 1 aromatic carbocycles. The van der Waals surface area contributed by atoms with Crippen molar-refractivity contribution in [1.29, 1.82) is 0 Å². The van der Waals surface area contributed by atoms with Crippen molar-refractivity contribution in [3.05, 3.63) is 71.2 Å². The molecule has 1 amide bonds. The fourth-order valence-corrected chi connectivity index (χ4v) is 4.32. The number of amidine groups is 1. The summed E-state index contributed by atoms with van der Waals surface area (Å²) in [5.41, 5.74) is 8.94. The minimum absolute atomic E-state index is 0.0949. The van der Waals surface area contributed by atoms with Crippen molar-refractivity contribution in [2.75, 3.05) is 33.7 Å². The first-order chi connectivity index (χ1) is 15.7. The van der Waals surface area contributed by atoms with Crippen LogP contribution in [0.4, 0.5) is 0 Å². The Bertz CT molecular complexity index is 942. The average molecular weight is 471 g/mol. The number of likely N-dealkylation sites (tertiary alicyclic amines) is 1. The summed E-state index contributed by atoms with van der Waals surface area (Å²) >= 11 is 6.06. The second-order valence-electron chi connectivity index (χ2n) is 8.95. The van der Waals surface area contributed by atoms with Gasteiger partial charge in [-0.25, -0.2) is 4.99 Å². The monoisotopic (exact) mass is 470 g/mol. The first-order valence-corrected chi connectivity index (χ1v) is 11.7. The number of benzene rings is 1. The van der Waals surface area contributed by atoms with E-state index in [1.54, 1.807) is 0 Å². The first kappa shape index (κ1) is 25.0. The van der Waals surface area contributed by atoms with Gasteiger partial charge in [-0.05, 0) is 70.6 Å². The molecule has 33 heavy (non-hydrogen) atoms. The quantitative estimate of drug-likeness (QED) is 0.543. The molecule has 8 heteroatoms. The van der Waals surface area contributed by atoms with Crippen LogP contribution in [0.25, 0.3) is 0 Å². The molecule has 0 spiro atoms. The highest BCUT2D eigenvalue weighted by Gasteiger charge is 2.39. The number of carbonyl (C=O) groups excluding carboxylic acids is 1. The minimum Gasteiger partial charge on any atom is -0.374 e. The Kier molecular flexibility index (Phi) is 8.35. The summed E-state index contributed by atoms with van der Waals surface area (Å²) in [5.74, 6) is 0.694. The number of carbonyl (C=O) groups is 1. The molecule has 3 rings (SSSR count). The van der Waals surface area contributed by atoms with Gasteiger partial charge in [0.15, 0.2) is 0 Å². The molecule has 2 heterocycles. The fraction of sp³-hybridized carbons (Fsp3) is 0.440. The number of hydrogen-bond donors (Lipinski definition) is 3. The summed E-state index contributed by atoms with van der Waals surface area (Å²) in [6, 6.07) is 7.53. The Morgan fingerprint density at radius 2 is 2.03 bits per heavy atom. The minimum atomic E-state index is -0.897. The van der Waals surface area contributed by atoms with Crippen LogP contribution in [0.2, 0.25) is 5.02 Å². The molecule has 1 unspecified atom stereocenters. The largest absolute Gasteiger partial charge is 0.374 e. The smallest absolute Gasteiger partial charge is 0.240 e. The molecule has 0 radical (unpaired) electrons. The molecule has 1 fully saturated rings. The molecule has 178 valence electrons. The van der Waals surface area contributed by atoms with Crippen LogP contribution in [-0.2, 0) is 4.79 Å². The molecule has 1 saturated heterocycles. The zero-order valence-corrected chi connectivity index (χ0v) is 20.5. The first-order valence-electron chi connectivity index (χ1n) is 11.3. The summed E-state index contributed by atoms with van der Waals surface area (Å²) in [4.78, 5) is 22.0. The van der Waals surface area contributed by atoms with Gasteiger partial charge >= 0.3 is 0 Å². The average Bonchev–Trinajstić information content (AvgIpc) is 3.25. The van der Waals surface area contributed by atoms with Crippen LogP contribution >= 0.6 is 11.6 Å². The van der Waals surface area contributed by atoms with Crippen molar-refractivity contribution in [2.24, 2.45) is 10.7 Å². The predicted octanol–water partition coefficient (Wildman–Crippen LogP) is 3.18. The second kappa shape index (κ2) is 11.0. The van der Waals surface area contributed by atoms with Crippen LogP contribution in [0.1, 0.15) is 37.8 Å². The SMILES string of the molecule is C=C/N=C1/NC=C/C1=C(/C)N1CCC(N)(C(=O)NC(CCN(C)C)c2ccc(Cl)cc2)CC1. The van der Waals surface area contributed by atoms with Crippen molar-refractivity contribution in [3.63, 3.8) is 0 Å². The van der Waals surface area contributed by atoms with Gasteiger partial charge in [-0.1, -0.05) is 30.3 Å². The molecule has 0 bridgehead atoms. The van der Waals surface area contributed by atoms with Gasteiger partial charge in [0.25, 0.3) is 0 Å². The number of rotatable bonds is 8. The molecule has 0 aliphatic carbocycles. The van der Waals surface area contributed by atoms with Gasteiger partial charge in [-0.3, -0.25) is 4.79 Å². The number of piperidine rings is 1. The van der Waals surface area contributed by atoms with Crippen molar-refractivity contribution >= 4 is 23.3 Å². The molecule has 1 atom stereocenters. The van der Waals surface area contributed by atoms with Gasteiger partial charge in [0.1, 0.15) is 5.84 Å². The van der Waals surface area contributed by atoms with Crippen LogP contribution in [0.3, 0.4) is 0 Å². The van der Waals surface area contributed by atoms with E-state index < -0.39 is 5.54 Å². The normalized spacial score (nSPS) is 21.2. The van der Waals surface area contributed by atoms with Crippen LogP contribution in [0.15, 0.2) is 65.6 Å². The number of hydrogen-bond acceptors (Lipinski definition) is 5. The number of halogens is 1. The molecular formula is C25H35ClN6O. The summed E-state index contributed by atoms with van der Waals surface area (Å²) in [5, 5.41) is 7.04. The van der Waals surface area contributed by atoms with Crippen molar-refractivity contribution in [1.82, 2.24) is 20.4 Å². The van der Waals surface area contributed by atoms with Crippen LogP contribution in [-0.4, -0.2) is 60.8 Å². The third kappa shape index (κ3) is 6.25. The number of allylic oxidation sites excluding steroid dienone is 1. The Balaban J connectivity index is 1.68. The Morgan fingerprint density at radius 1 is 1.36 bits per heavy atom. The van der Waals surface area contributed by atoms with E-state index in [9.17, 15) is 4.79 Å². The van der Waals surface area contributed by atoms with E-state index in [4.69, 9.17) is 17.3 Å². The van der Waals surface area contributed by atoms with Crippen molar-refractivity contribution in [2.45, 2.75) is 37.8 Å². The lowest BCUT2D eigenvalue weighted by Crippen LogP contribution is -2.59. The van der Waals surface area contributed by atoms with Crippen molar-refractivity contribution < 1.29 is 4.79 Å². The lowest BCUT2D eigenvalue weighted by molar-refractivity contribution is -0.128. The van der Waals surface area contributed by atoms with Gasteiger partial charge in [-0.15, -0.1) is 0 Å². The topological polar surface area (TPSA) is 86.0 Å². The Hall–Kier alpha value is -2.61. The fourth-order valence-electron chi connectivity index (χ4n) is 4.20. The molecule has 2 aliphatic heterocycles. The van der Waals surface area contributed by atoms with Crippen molar-refractivity contribution in [3.8, 4) is 0 Å². The van der Waals surface area contributed by atoms with Crippen LogP contribution in [0.5, 0.6) is 0 Å². The maximum atomic E-state index is 13.3. The zero-order valence-electron chi connectivity index (χ0n) is 19.8. The number of aliphatic imine (C=N–C) groups is 1. The van der Waals surface area contributed by atoms with Gasteiger partial charge in [-0.2, -0.15) is 0 Å². The molecule has 4 N–H and O–H groups in total. The van der Waals surface area contributed by atoms with Gasteiger partial charge in [0.2, 0.25) is 5.91 Å². The maximum absolute atomic E-state index is 13.3. The summed E-state index contributed by atoms with van der Waals surface area (Å²) in [6.45, 7) is 8.02. The Morgan fingerprint density at radius 3 is 2.64 bits per heavy atom. The lowest BCUT2D eigenvalue weighted by Gasteiger charge is -2.40. The molecule has 2 aliphatic rings. The standard InChI is InChI=1S/C25H35ClN6O/c1-5-28-23-21(10-14-29-23)18(2)32-16-12-25(27,13-17-32)24(33)30-22(11-15-31(3)4)19-6-8-20(26)9-7-19/h5-10,14,22H,1,11-13,15-17,27H2,2-4H3,(H,28,29)(H,30,33)/b21-18+. The van der Waals surface area contributed by atoms with Gasteiger partial charge in [0, 0.05) is 41.8 Å². The van der Waals surface area contributed by atoms with E-state index in [-0.39, 0.29) is 11.9 Å². The molecule has 1 aromatic rings. The van der Waals surface area contributed by atoms with E-state index in [1.807, 2.05) is 50.6 Å². The zero-order chi connectivity index (χ0) is 24.0. The van der Waals surface area contributed by atoms with E-state index >= 15 is 0 Å². The van der Waals surface area contributed by atoms with Crippen LogP contribution < -0.4 is 16.4 Å². The van der Waals surface area contributed by atoms with E-state index in [0.29, 0.717) is 31.0 Å². The molecule has 0 aromatic heterocycles. The highest BCUT2D eigenvalue weighted by Crippen LogP contribution is 2.27. The maximum Gasteiger partial charge on any atom is 0.240 e. The predicted molar refractivity (Wildman–Crippen MR) is 136 cm³/mol.